The van der Waals surface area contributed by atoms with Crippen LogP contribution in [0.1, 0.15) is 0 Å². The second-order valence-corrected chi connectivity index (χ2v) is 6.08. The number of hydrogen-bond donors (Lipinski definition) is 0. The van der Waals surface area contributed by atoms with Crippen molar-refractivity contribution in [2.24, 2.45) is 0 Å². The molecule has 0 bridgehead atoms. The molecular weight excluding hydrogens is 268 g/mol. The van der Waals surface area contributed by atoms with Gasteiger partial charge in [-0.05, 0) is 35.7 Å². The average molecular weight is 275 g/mol. The lowest BCUT2D eigenvalue weighted by molar-refractivity contribution is 0.488. The number of hydrogen-bond acceptors (Lipinski definition) is 4. The number of thiophene rings is 1. The van der Waals surface area contributed by atoms with E-state index in [-0.39, 0.29) is 9.96 Å². The van der Waals surface area contributed by atoms with Crippen molar-refractivity contribution in [3.8, 4) is 5.75 Å². The summed E-state index contributed by atoms with van der Waals surface area (Å²) in [6.45, 7) is 0. The Morgan fingerprint density at radius 1 is 1.12 bits per heavy atom. The molecule has 0 radical (unpaired) electrons. The van der Waals surface area contributed by atoms with Gasteiger partial charge in [-0.3, -0.25) is 0 Å². The fourth-order valence-corrected chi connectivity index (χ4v) is 3.07. The Labute approximate surface area is 102 Å². The molecule has 0 N–H and O–H groups in total. The van der Waals surface area contributed by atoms with Crippen LogP contribution in [0.25, 0.3) is 0 Å². The quantitative estimate of drug-likeness (QED) is 0.808. The molecule has 1 aromatic carbocycles. The van der Waals surface area contributed by atoms with Gasteiger partial charge >= 0.3 is 10.1 Å². The highest BCUT2D eigenvalue weighted by Crippen LogP contribution is 2.23. The summed E-state index contributed by atoms with van der Waals surface area (Å²) in [7, 11) is -3.71. The van der Waals surface area contributed by atoms with Gasteiger partial charge in [0.25, 0.3) is 0 Å². The van der Waals surface area contributed by atoms with Crippen molar-refractivity contribution < 1.29 is 12.6 Å². The standard InChI is InChI=1S/C10H7ClO3S2/c11-8-3-5-9(6-4-8)14-16(12,13)10-2-1-7-15-10/h1-7H. The first-order valence-electron chi connectivity index (χ1n) is 4.31. The van der Waals surface area contributed by atoms with Gasteiger partial charge < -0.3 is 4.18 Å². The lowest BCUT2D eigenvalue weighted by atomic mass is 10.3. The molecule has 0 aliphatic heterocycles. The van der Waals surface area contributed by atoms with E-state index in [1.165, 1.54) is 18.2 Å². The topological polar surface area (TPSA) is 43.4 Å². The van der Waals surface area contributed by atoms with E-state index in [2.05, 4.69) is 0 Å². The maximum absolute atomic E-state index is 11.7. The van der Waals surface area contributed by atoms with E-state index in [0.717, 1.165) is 11.3 Å². The summed E-state index contributed by atoms with van der Waals surface area (Å²) in [5.41, 5.74) is 0. The Morgan fingerprint density at radius 3 is 2.38 bits per heavy atom. The van der Waals surface area contributed by atoms with Crippen LogP contribution in [0.2, 0.25) is 5.02 Å². The normalized spacial score (nSPS) is 11.3. The SMILES string of the molecule is O=S(=O)(Oc1ccc(Cl)cc1)c1cccs1. The molecule has 1 heterocycles. The summed E-state index contributed by atoms with van der Waals surface area (Å²) in [5, 5.41) is 2.21. The third-order valence-electron chi connectivity index (χ3n) is 1.76. The molecule has 0 spiro atoms. The minimum atomic E-state index is -3.71. The molecule has 0 saturated carbocycles. The van der Waals surface area contributed by atoms with Gasteiger partial charge in [0, 0.05) is 5.02 Å². The van der Waals surface area contributed by atoms with Crippen molar-refractivity contribution in [2.45, 2.75) is 4.21 Å². The van der Waals surface area contributed by atoms with Gasteiger partial charge in [0.15, 0.2) is 4.21 Å². The zero-order chi connectivity index (χ0) is 11.6. The van der Waals surface area contributed by atoms with Crippen molar-refractivity contribution in [3.05, 3.63) is 46.8 Å². The number of rotatable bonds is 3. The van der Waals surface area contributed by atoms with Crippen LogP contribution in [-0.2, 0) is 10.1 Å². The molecule has 2 rings (SSSR count). The lowest BCUT2D eigenvalue weighted by Gasteiger charge is -2.04. The van der Waals surface area contributed by atoms with Gasteiger partial charge in [-0.2, -0.15) is 8.42 Å². The molecule has 16 heavy (non-hydrogen) atoms. The highest BCUT2D eigenvalue weighted by atomic mass is 35.5. The molecular formula is C10H7ClO3S2. The minimum Gasteiger partial charge on any atom is -0.378 e. The predicted molar refractivity (Wildman–Crippen MR) is 63.6 cm³/mol. The van der Waals surface area contributed by atoms with Crippen LogP contribution in [0, 0.1) is 0 Å². The molecule has 2 aromatic rings. The first kappa shape index (κ1) is 11.4. The van der Waals surface area contributed by atoms with Gasteiger partial charge in [0.2, 0.25) is 0 Å². The smallest absolute Gasteiger partial charge is 0.348 e. The monoisotopic (exact) mass is 274 g/mol. The van der Waals surface area contributed by atoms with Crippen LogP contribution in [0.3, 0.4) is 0 Å². The second-order valence-electron chi connectivity index (χ2n) is 2.92. The highest BCUT2D eigenvalue weighted by molar-refractivity contribution is 7.89. The third-order valence-corrected chi connectivity index (χ3v) is 4.62. The van der Waals surface area contributed by atoms with Crippen LogP contribution in [0.15, 0.2) is 46.0 Å². The van der Waals surface area contributed by atoms with Crippen LogP contribution in [-0.4, -0.2) is 8.42 Å². The molecule has 0 unspecified atom stereocenters. The van der Waals surface area contributed by atoms with Crippen LogP contribution in [0.5, 0.6) is 5.75 Å². The highest BCUT2D eigenvalue weighted by Gasteiger charge is 2.17. The van der Waals surface area contributed by atoms with Crippen molar-refractivity contribution in [1.29, 1.82) is 0 Å². The Hall–Kier alpha value is -1.04. The molecule has 0 atom stereocenters. The Balaban J connectivity index is 2.25. The van der Waals surface area contributed by atoms with Gasteiger partial charge in [0.05, 0.1) is 0 Å². The van der Waals surface area contributed by atoms with Crippen molar-refractivity contribution in [1.82, 2.24) is 0 Å². The van der Waals surface area contributed by atoms with E-state index >= 15 is 0 Å². The van der Waals surface area contributed by atoms with E-state index < -0.39 is 10.1 Å². The summed E-state index contributed by atoms with van der Waals surface area (Å²) in [6, 6.07) is 9.31. The summed E-state index contributed by atoms with van der Waals surface area (Å²) in [6.07, 6.45) is 0. The lowest BCUT2D eigenvalue weighted by Crippen LogP contribution is -2.07. The fraction of sp³-hybridized carbons (Fsp3) is 0. The van der Waals surface area contributed by atoms with E-state index in [0.29, 0.717) is 5.02 Å². The minimum absolute atomic E-state index is 0.183. The molecule has 3 nitrogen and oxygen atoms in total. The molecule has 84 valence electrons. The Morgan fingerprint density at radius 2 is 1.81 bits per heavy atom. The van der Waals surface area contributed by atoms with Crippen LogP contribution < -0.4 is 4.18 Å². The van der Waals surface area contributed by atoms with Crippen molar-refractivity contribution in [3.63, 3.8) is 0 Å². The van der Waals surface area contributed by atoms with Gasteiger partial charge in [-0.15, -0.1) is 11.3 Å². The Kier molecular flexibility index (Phi) is 3.18. The van der Waals surface area contributed by atoms with Crippen LogP contribution in [0.4, 0.5) is 0 Å². The zero-order valence-electron chi connectivity index (χ0n) is 7.96. The molecule has 0 aliphatic carbocycles. The largest absolute Gasteiger partial charge is 0.378 e. The number of benzene rings is 1. The maximum atomic E-state index is 11.7. The molecule has 1 aromatic heterocycles. The van der Waals surface area contributed by atoms with E-state index in [1.807, 2.05) is 0 Å². The van der Waals surface area contributed by atoms with Gasteiger partial charge in [-0.25, -0.2) is 0 Å². The fourth-order valence-electron chi connectivity index (χ4n) is 1.06. The molecule has 6 heteroatoms. The van der Waals surface area contributed by atoms with Gasteiger partial charge in [0.1, 0.15) is 5.75 Å². The second kappa shape index (κ2) is 4.45. The molecule has 0 amide bonds. The first-order valence-corrected chi connectivity index (χ1v) is 6.98. The number of halogens is 1. The summed E-state index contributed by atoms with van der Waals surface area (Å²) in [4.78, 5) is 0. The third kappa shape index (κ3) is 2.55. The maximum Gasteiger partial charge on any atom is 0.348 e. The van der Waals surface area contributed by atoms with Crippen molar-refractivity contribution in [2.75, 3.05) is 0 Å². The van der Waals surface area contributed by atoms with E-state index in [1.54, 1.807) is 23.6 Å². The zero-order valence-corrected chi connectivity index (χ0v) is 10.3. The summed E-state index contributed by atoms with van der Waals surface area (Å²) < 4.78 is 28.5. The molecule has 0 saturated heterocycles. The predicted octanol–water partition coefficient (Wildman–Crippen LogP) is 3.17. The van der Waals surface area contributed by atoms with Crippen molar-refractivity contribution >= 4 is 33.1 Å². The molecule has 0 fully saturated rings. The Bertz CT molecular complexity index is 559. The average Bonchev–Trinajstić information content (AvgIpc) is 2.75. The van der Waals surface area contributed by atoms with Gasteiger partial charge in [-0.1, -0.05) is 17.7 Å². The van der Waals surface area contributed by atoms with E-state index in [4.69, 9.17) is 15.8 Å². The first-order chi connectivity index (χ1) is 7.58. The molecule has 0 aliphatic rings. The summed E-state index contributed by atoms with van der Waals surface area (Å²) >= 11 is 6.79. The van der Waals surface area contributed by atoms with E-state index in [9.17, 15) is 8.42 Å². The summed E-state index contributed by atoms with van der Waals surface area (Å²) in [5.74, 6) is 0.248. The van der Waals surface area contributed by atoms with Crippen LogP contribution >= 0.6 is 22.9 Å².